The van der Waals surface area contributed by atoms with Crippen molar-refractivity contribution in [2.75, 3.05) is 4.90 Å². The van der Waals surface area contributed by atoms with Gasteiger partial charge >= 0.3 is 5.97 Å². The van der Waals surface area contributed by atoms with Gasteiger partial charge in [-0.1, -0.05) is 0 Å². The van der Waals surface area contributed by atoms with E-state index in [4.69, 9.17) is 5.11 Å². The van der Waals surface area contributed by atoms with Gasteiger partial charge in [0.1, 0.15) is 6.04 Å². The minimum absolute atomic E-state index is 0.273. The van der Waals surface area contributed by atoms with Crippen LogP contribution in [0.1, 0.15) is 19.0 Å². The van der Waals surface area contributed by atoms with Crippen molar-refractivity contribution < 1.29 is 14.7 Å². The van der Waals surface area contributed by atoms with E-state index in [0.717, 1.165) is 5.69 Å². The number of hydrogen-bond acceptors (Lipinski definition) is 3. The van der Waals surface area contributed by atoms with Crippen molar-refractivity contribution in [2.24, 2.45) is 0 Å². The van der Waals surface area contributed by atoms with Gasteiger partial charge in [-0.3, -0.25) is 14.8 Å². The molecule has 0 bridgehead atoms. The molecule has 2 N–H and O–H groups in total. The number of carbonyl (C=O) groups is 2. The predicted octanol–water partition coefficient (Wildman–Crippen LogP) is 0.162. The quantitative estimate of drug-likeness (QED) is 0.689. The third-order valence-corrected chi connectivity index (χ3v) is 2.56. The molecule has 1 aromatic rings. The van der Waals surface area contributed by atoms with Crippen LogP contribution in [0.25, 0.3) is 0 Å². The fourth-order valence-corrected chi connectivity index (χ4v) is 1.90. The molecule has 2 rings (SSSR count). The molecule has 6 heteroatoms. The van der Waals surface area contributed by atoms with Crippen LogP contribution in [0.4, 0.5) is 5.69 Å². The van der Waals surface area contributed by atoms with E-state index in [2.05, 4.69) is 10.2 Å². The average Bonchev–Trinajstić information content (AvgIpc) is 2.62. The number of aromatic nitrogens is 2. The van der Waals surface area contributed by atoms with E-state index in [1.165, 1.54) is 18.0 Å². The zero-order chi connectivity index (χ0) is 11.0. The second-order valence-electron chi connectivity index (χ2n) is 3.52. The number of aliphatic carboxylic acids is 1. The van der Waals surface area contributed by atoms with Crippen LogP contribution < -0.4 is 4.90 Å². The standard InChI is InChI=1S/C9H11N3O3/c1-5(13)12-7(9(14)15)3-2-6-8(12)4-10-11-6/h4,7H,2-3H2,1H3,(H,10,11)(H,14,15). The topological polar surface area (TPSA) is 86.3 Å². The lowest BCUT2D eigenvalue weighted by atomic mass is 10.0. The van der Waals surface area contributed by atoms with E-state index >= 15 is 0 Å². The highest BCUT2D eigenvalue weighted by Crippen LogP contribution is 2.28. The van der Waals surface area contributed by atoms with Crippen molar-refractivity contribution >= 4 is 17.6 Å². The number of hydrogen-bond donors (Lipinski definition) is 2. The molecule has 0 aliphatic carbocycles. The third-order valence-electron chi connectivity index (χ3n) is 2.56. The summed E-state index contributed by atoms with van der Waals surface area (Å²) in [5.41, 5.74) is 1.41. The Morgan fingerprint density at radius 3 is 3.00 bits per heavy atom. The molecule has 0 saturated carbocycles. The monoisotopic (exact) mass is 209 g/mol. The Balaban J connectivity index is 2.43. The van der Waals surface area contributed by atoms with Gasteiger partial charge in [-0.25, -0.2) is 4.79 Å². The fourth-order valence-electron chi connectivity index (χ4n) is 1.90. The molecule has 1 aromatic heterocycles. The van der Waals surface area contributed by atoms with Crippen molar-refractivity contribution in [1.82, 2.24) is 10.2 Å². The molecule has 80 valence electrons. The first-order valence-corrected chi connectivity index (χ1v) is 4.66. The van der Waals surface area contributed by atoms with Crippen LogP contribution in [0.2, 0.25) is 0 Å². The van der Waals surface area contributed by atoms with Gasteiger partial charge in [-0.05, 0) is 12.8 Å². The van der Waals surface area contributed by atoms with E-state index in [-0.39, 0.29) is 5.91 Å². The Bertz CT molecular complexity index is 412. The van der Waals surface area contributed by atoms with Crippen LogP contribution in [0.5, 0.6) is 0 Å². The lowest BCUT2D eigenvalue weighted by Crippen LogP contribution is -2.47. The summed E-state index contributed by atoms with van der Waals surface area (Å²) in [5.74, 6) is -1.25. The maximum Gasteiger partial charge on any atom is 0.326 e. The lowest BCUT2D eigenvalue weighted by molar-refractivity contribution is -0.140. The molecule has 6 nitrogen and oxygen atoms in total. The molecule has 1 amide bonds. The van der Waals surface area contributed by atoms with Crippen molar-refractivity contribution in [3.8, 4) is 0 Å². The first-order chi connectivity index (χ1) is 7.11. The number of anilines is 1. The van der Waals surface area contributed by atoms with Gasteiger partial charge in [0.15, 0.2) is 0 Å². The Hall–Kier alpha value is -1.85. The highest BCUT2D eigenvalue weighted by molar-refractivity contribution is 5.98. The first kappa shape index (κ1) is 9.70. The highest BCUT2D eigenvalue weighted by Gasteiger charge is 2.34. The number of carboxylic acids is 1. The maximum absolute atomic E-state index is 11.4. The molecule has 0 spiro atoms. The molecule has 1 aliphatic rings. The average molecular weight is 209 g/mol. The number of carbonyl (C=O) groups excluding carboxylic acids is 1. The van der Waals surface area contributed by atoms with Gasteiger partial charge in [-0.15, -0.1) is 0 Å². The summed E-state index contributed by atoms with van der Waals surface area (Å²) in [6, 6.07) is -0.771. The number of amides is 1. The number of fused-ring (bicyclic) bond motifs is 1. The van der Waals surface area contributed by atoms with Crippen molar-refractivity contribution in [3.05, 3.63) is 11.9 Å². The van der Waals surface area contributed by atoms with E-state index in [1.54, 1.807) is 0 Å². The molecule has 0 saturated heterocycles. The molecule has 2 heterocycles. The molecule has 1 atom stereocenters. The number of nitrogens with one attached hydrogen (secondary N) is 1. The van der Waals surface area contributed by atoms with Crippen LogP contribution in [-0.4, -0.2) is 33.2 Å². The Morgan fingerprint density at radius 1 is 1.67 bits per heavy atom. The number of aryl methyl sites for hydroxylation is 1. The van der Waals surface area contributed by atoms with Crippen molar-refractivity contribution in [3.63, 3.8) is 0 Å². The Labute approximate surface area is 85.9 Å². The molecule has 1 unspecified atom stereocenters. The number of carboxylic acid groups (broad SMARTS) is 1. The van der Waals surface area contributed by atoms with E-state index in [9.17, 15) is 9.59 Å². The minimum atomic E-state index is -0.975. The zero-order valence-electron chi connectivity index (χ0n) is 8.23. The van der Waals surface area contributed by atoms with Gasteiger partial charge in [0, 0.05) is 6.92 Å². The molecule has 0 aromatic carbocycles. The summed E-state index contributed by atoms with van der Waals surface area (Å²) < 4.78 is 0. The largest absolute Gasteiger partial charge is 0.480 e. The van der Waals surface area contributed by atoms with E-state index < -0.39 is 12.0 Å². The van der Waals surface area contributed by atoms with Gasteiger partial charge in [0.2, 0.25) is 5.91 Å². The highest BCUT2D eigenvalue weighted by atomic mass is 16.4. The maximum atomic E-state index is 11.4. The summed E-state index contributed by atoms with van der Waals surface area (Å²) >= 11 is 0. The summed E-state index contributed by atoms with van der Waals surface area (Å²) in [5, 5.41) is 15.6. The summed E-state index contributed by atoms with van der Waals surface area (Å²) in [7, 11) is 0. The first-order valence-electron chi connectivity index (χ1n) is 4.66. The summed E-state index contributed by atoms with van der Waals surface area (Å²) in [4.78, 5) is 23.7. The summed E-state index contributed by atoms with van der Waals surface area (Å²) in [6.07, 6.45) is 2.52. The van der Waals surface area contributed by atoms with Crippen LogP contribution in [-0.2, 0) is 16.0 Å². The molecule has 0 fully saturated rings. The molecule has 15 heavy (non-hydrogen) atoms. The number of H-pyrrole nitrogens is 1. The van der Waals surface area contributed by atoms with Gasteiger partial charge < -0.3 is 5.11 Å². The molecule has 1 aliphatic heterocycles. The second kappa shape index (κ2) is 3.38. The Morgan fingerprint density at radius 2 is 2.40 bits per heavy atom. The minimum Gasteiger partial charge on any atom is -0.480 e. The normalized spacial score (nSPS) is 19.8. The second-order valence-corrected chi connectivity index (χ2v) is 3.52. The number of aromatic amines is 1. The van der Waals surface area contributed by atoms with E-state index in [1.807, 2.05) is 0 Å². The van der Waals surface area contributed by atoms with Crippen LogP contribution in [0, 0.1) is 0 Å². The van der Waals surface area contributed by atoms with Crippen LogP contribution in [0.15, 0.2) is 6.20 Å². The van der Waals surface area contributed by atoms with Crippen LogP contribution >= 0.6 is 0 Å². The Kier molecular flexibility index (Phi) is 2.18. The summed E-state index contributed by atoms with van der Waals surface area (Å²) in [6.45, 7) is 1.36. The molecular weight excluding hydrogens is 198 g/mol. The fraction of sp³-hybridized carbons (Fsp3) is 0.444. The third kappa shape index (κ3) is 1.47. The van der Waals surface area contributed by atoms with Gasteiger partial charge in [-0.2, -0.15) is 5.10 Å². The van der Waals surface area contributed by atoms with Crippen LogP contribution in [0.3, 0.4) is 0 Å². The zero-order valence-corrected chi connectivity index (χ0v) is 8.23. The van der Waals surface area contributed by atoms with Crippen molar-refractivity contribution in [2.45, 2.75) is 25.8 Å². The number of nitrogens with zero attached hydrogens (tertiary/aromatic N) is 2. The van der Waals surface area contributed by atoms with Gasteiger partial charge in [0.25, 0.3) is 0 Å². The van der Waals surface area contributed by atoms with Gasteiger partial charge in [0.05, 0.1) is 17.6 Å². The molecule has 0 radical (unpaired) electrons. The lowest BCUT2D eigenvalue weighted by Gasteiger charge is -2.31. The molecular formula is C9H11N3O3. The SMILES string of the molecule is CC(=O)N1c2cn[nH]c2CCC1C(=O)O. The van der Waals surface area contributed by atoms with E-state index in [0.29, 0.717) is 18.5 Å². The van der Waals surface area contributed by atoms with Crippen molar-refractivity contribution in [1.29, 1.82) is 0 Å². The number of rotatable bonds is 1. The smallest absolute Gasteiger partial charge is 0.326 e. The predicted molar refractivity (Wildman–Crippen MR) is 51.5 cm³/mol.